The van der Waals surface area contributed by atoms with Crippen molar-refractivity contribution in [2.75, 3.05) is 11.5 Å². The lowest BCUT2D eigenvalue weighted by atomic mass is 10.1. The molecule has 4 rings (SSSR count). The van der Waals surface area contributed by atoms with E-state index in [9.17, 15) is 0 Å². The third-order valence-corrected chi connectivity index (χ3v) is 4.96. The first-order valence-electron chi connectivity index (χ1n) is 7.84. The monoisotopic (exact) mass is 344 g/mol. The molecule has 0 saturated heterocycles. The molecule has 0 aliphatic carbocycles. The van der Waals surface area contributed by atoms with Crippen LogP contribution in [0.25, 0.3) is 21.9 Å². The lowest BCUT2D eigenvalue weighted by Gasteiger charge is -2.07. The summed E-state index contributed by atoms with van der Waals surface area (Å²) in [7, 11) is 0. The number of nitrogen functional groups attached to an aromatic ring is 2. The first-order valence-corrected chi connectivity index (χ1v) is 8.66. The Morgan fingerprint density at radius 3 is 2.24 bits per heavy atom. The molecule has 0 radical (unpaired) electrons. The molecule has 0 atom stereocenters. The van der Waals surface area contributed by atoms with Crippen molar-refractivity contribution in [3.05, 3.63) is 72.9 Å². The minimum Gasteiger partial charge on any atom is -0.383 e. The van der Waals surface area contributed by atoms with E-state index in [2.05, 4.69) is 64.6 Å². The van der Waals surface area contributed by atoms with E-state index in [1.165, 1.54) is 15.7 Å². The quantitative estimate of drug-likeness (QED) is 0.567. The summed E-state index contributed by atoms with van der Waals surface area (Å²) in [5, 5.41) is 2.50. The summed E-state index contributed by atoms with van der Waals surface area (Å²) in [6.45, 7) is 0. The third-order valence-electron chi connectivity index (χ3n) is 3.96. The SMILES string of the molecule is Nc1ncc(-c2ccc(Sc3ccc4ccccc4c3)cc2)c(N)n1. The molecule has 0 saturated carbocycles. The van der Waals surface area contributed by atoms with E-state index in [1.807, 2.05) is 12.1 Å². The van der Waals surface area contributed by atoms with Crippen molar-refractivity contribution < 1.29 is 0 Å². The molecule has 0 aliphatic rings. The molecule has 25 heavy (non-hydrogen) atoms. The number of fused-ring (bicyclic) bond motifs is 1. The summed E-state index contributed by atoms with van der Waals surface area (Å²) in [5.41, 5.74) is 13.2. The van der Waals surface area contributed by atoms with Gasteiger partial charge in [-0.3, -0.25) is 0 Å². The van der Waals surface area contributed by atoms with Crippen LogP contribution in [0.4, 0.5) is 11.8 Å². The highest BCUT2D eigenvalue weighted by Crippen LogP contribution is 2.32. The third kappa shape index (κ3) is 3.27. The summed E-state index contributed by atoms with van der Waals surface area (Å²) in [4.78, 5) is 10.4. The molecule has 1 heterocycles. The maximum absolute atomic E-state index is 5.93. The Morgan fingerprint density at radius 1 is 0.760 bits per heavy atom. The molecule has 122 valence electrons. The smallest absolute Gasteiger partial charge is 0.221 e. The highest BCUT2D eigenvalue weighted by molar-refractivity contribution is 7.99. The van der Waals surface area contributed by atoms with Gasteiger partial charge >= 0.3 is 0 Å². The van der Waals surface area contributed by atoms with E-state index in [1.54, 1.807) is 18.0 Å². The fourth-order valence-electron chi connectivity index (χ4n) is 2.70. The van der Waals surface area contributed by atoms with Gasteiger partial charge in [0.25, 0.3) is 0 Å². The van der Waals surface area contributed by atoms with Crippen LogP contribution in [0.1, 0.15) is 0 Å². The Hall–Kier alpha value is -3.05. The molecule has 0 spiro atoms. The molecule has 0 aliphatic heterocycles. The van der Waals surface area contributed by atoms with Gasteiger partial charge in [-0.2, -0.15) is 4.98 Å². The number of hydrogen-bond donors (Lipinski definition) is 2. The largest absolute Gasteiger partial charge is 0.383 e. The fraction of sp³-hybridized carbons (Fsp3) is 0. The molecule has 0 fully saturated rings. The molecule has 0 amide bonds. The van der Waals surface area contributed by atoms with Gasteiger partial charge in [-0.1, -0.05) is 54.2 Å². The number of nitrogens with two attached hydrogens (primary N) is 2. The summed E-state index contributed by atoms with van der Waals surface area (Å²) in [6, 6.07) is 23.1. The maximum Gasteiger partial charge on any atom is 0.221 e. The molecule has 4 N–H and O–H groups in total. The molecule has 1 aromatic heterocycles. The second-order valence-corrected chi connectivity index (χ2v) is 6.81. The van der Waals surface area contributed by atoms with Gasteiger partial charge in [0, 0.05) is 21.6 Å². The number of rotatable bonds is 3. The zero-order valence-electron chi connectivity index (χ0n) is 13.4. The predicted octanol–water partition coefficient (Wildman–Crippen LogP) is 4.61. The Labute approximate surface area is 149 Å². The number of anilines is 2. The van der Waals surface area contributed by atoms with Gasteiger partial charge in [0.1, 0.15) is 5.82 Å². The Balaban J connectivity index is 1.59. The van der Waals surface area contributed by atoms with Crippen LogP contribution in [0.2, 0.25) is 0 Å². The summed E-state index contributed by atoms with van der Waals surface area (Å²) in [6.07, 6.45) is 1.66. The number of benzene rings is 3. The van der Waals surface area contributed by atoms with E-state index in [0.717, 1.165) is 16.0 Å². The van der Waals surface area contributed by atoms with Crippen molar-refractivity contribution in [3.8, 4) is 11.1 Å². The number of nitrogens with zero attached hydrogens (tertiary/aromatic N) is 2. The van der Waals surface area contributed by atoms with Crippen molar-refractivity contribution >= 4 is 34.3 Å². The van der Waals surface area contributed by atoms with Crippen LogP contribution in [0.5, 0.6) is 0 Å². The minimum absolute atomic E-state index is 0.185. The average molecular weight is 344 g/mol. The summed E-state index contributed by atoms with van der Waals surface area (Å²) < 4.78 is 0. The highest BCUT2D eigenvalue weighted by atomic mass is 32.2. The van der Waals surface area contributed by atoms with Crippen molar-refractivity contribution in [1.82, 2.24) is 9.97 Å². The molecule has 4 nitrogen and oxygen atoms in total. The van der Waals surface area contributed by atoms with E-state index in [-0.39, 0.29) is 5.95 Å². The number of aromatic nitrogens is 2. The van der Waals surface area contributed by atoms with Crippen LogP contribution in [0, 0.1) is 0 Å². The number of hydrogen-bond acceptors (Lipinski definition) is 5. The second-order valence-electron chi connectivity index (χ2n) is 5.66. The van der Waals surface area contributed by atoms with Crippen LogP contribution in [-0.2, 0) is 0 Å². The molecule has 0 unspecified atom stereocenters. The van der Waals surface area contributed by atoms with Crippen LogP contribution in [0.15, 0.2) is 82.7 Å². The van der Waals surface area contributed by atoms with Gasteiger partial charge in [-0.05, 0) is 40.6 Å². The van der Waals surface area contributed by atoms with Crippen LogP contribution < -0.4 is 11.5 Å². The first-order chi connectivity index (χ1) is 12.2. The lowest BCUT2D eigenvalue weighted by Crippen LogP contribution is -2.00. The van der Waals surface area contributed by atoms with E-state index in [4.69, 9.17) is 11.5 Å². The molecule has 0 bridgehead atoms. The molecule has 4 aromatic rings. The van der Waals surface area contributed by atoms with Crippen LogP contribution in [0.3, 0.4) is 0 Å². The molecule has 5 heteroatoms. The summed E-state index contributed by atoms with van der Waals surface area (Å²) >= 11 is 1.73. The van der Waals surface area contributed by atoms with Gasteiger partial charge in [0.2, 0.25) is 5.95 Å². The topological polar surface area (TPSA) is 77.8 Å². The first kappa shape index (κ1) is 15.5. The Morgan fingerprint density at radius 2 is 1.48 bits per heavy atom. The summed E-state index contributed by atoms with van der Waals surface area (Å²) in [5.74, 6) is 0.576. The minimum atomic E-state index is 0.185. The zero-order chi connectivity index (χ0) is 17.2. The fourth-order valence-corrected chi connectivity index (χ4v) is 3.57. The predicted molar refractivity (Wildman–Crippen MR) is 104 cm³/mol. The van der Waals surface area contributed by atoms with Gasteiger partial charge in [-0.25, -0.2) is 4.98 Å². The van der Waals surface area contributed by atoms with Crippen molar-refractivity contribution in [3.63, 3.8) is 0 Å². The van der Waals surface area contributed by atoms with Gasteiger partial charge < -0.3 is 11.5 Å². The lowest BCUT2D eigenvalue weighted by molar-refractivity contribution is 1.20. The Kier molecular flexibility index (Phi) is 3.99. The highest BCUT2D eigenvalue weighted by Gasteiger charge is 2.06. The van der Waals surface area contributed by atoms with Gasteiger partial charge in [0.05, 0.1) is 0 Å². The average Bonchev–Trinajstić information content (AvgIpc) is 2.63. The molecule has 3 aromatic carbocycles. The standard InChI is InChI=1S/C20H16N4S/c21-19-18(12-23-20(22)24-19)14-6-8-16(9-7-14)25-17-10-5-13-3-1-2-4-15(13)11-17/h1-12H,(H4,21,22,23,24). The van der Waals surface area contributed by atoms with Crippen LogP contribution in [-0.4, -0.2) is 9.97 Å². The van der Waals surface area contributed by atoms with Crippen molar-refractivity contribution in [2.45, 2.75) is 9.79 Å². The normalized spacial score (nSPS) is 10.9. The van der Waals surface area contributed by atoms with E-state index >= 15 is 0 Å². The molecular weight excluding hydrogens is 328 g/mol. The van der Waals surface area contributed by atoms with E-state index in [0.29, 0.717) is 5.82 Å². The van der Waals surface area contributed by atoms with Crippen molar-refractivity contribution in [1.29, 1.82) is 0 Å². The maximum atomic E-state index is 5.93. The van der Waals surface area contributed by atoms with Crippen molar-refractivity contribution in [2.24, 2.45) is 0 Å². The molecular formula is C20H16N4S. The van der Waals surface area contributed by atoms with Gasteiger partial charge in [0.15, 0.2) is 0 Å². The zero-order valence-corrected chi connectivity index (χ0v) is 14.2. The van der Waals surface area contributed by atoms with Crippen LogP contribution >= 0.6 is 11.8 Å². The van der Waals surface area contributed by atoms with E-state index < -0.39 is 0 Å². The second kappa shape index (κ2) is 6.45. The Bertz CT molecular complexity index is 1040. The van der Waals surface area contributed by atoms with Gasteiger partial charge in [-0.15, -0.1) is 0 Å².